The molecule has 3 N–H and O–H groups in total. The number of pyridine rings is 1. The van der Waals surface area contributed by atoms with Gasteiger partial charge in [0.1, 0.15) is 16.0 Å². The fourth-order valence-electron chi connectivity index (χ4n) is 3.68. The maximum Gasteiger partial charge on any atom is 0.271 e. The number of nitrogens with two attached hydrogens (primary N) is 1. The molecule has 6 nitrogen and oxygen atoms in total. The van der Waals surface area contributed by atoms with E-state index in [2.05, 4.69) is 8.94 Å². The molecule has 27 heavy (non-hydrogen) atoms. The minimum absolute atomic E-state index is 0.226. The zero-order valence-electron chi connectivity index (χ0n) is 14.6. The average molecular weight is 379 g/mol. The van der Waals surface area contributed by atoms with Crippen molar-refractivity contribution in [2.24, 2.45) is 0 Å². The van der Waals surface area contributed by atoms with E-state index in [1.165, 1.54) is 11.5 Å². The van der Waals surface area contributed by atoms with Crippen molar-refractivity contribution in [3.05, 3.63) is 57.0 Å². The van der Waals surface area contributed by atoms with Gasteiger partial charge in [-0.1, -0.05) is 12.1 Å². The minimum atomic E-state index is -0.331. The highest BCUT2D eigenvalue weighted by atomic mass is 32.1. The van der Waals surface area contributed by atoms with Crippen LogP contribution < -0.4 is 21.5 Å². The summed E-state index contributed by atoms with van der Waals surface area (Å²) in [5.41, 5.74) is 8.29. The molecule has 2 aromatic heterocycles. The van der Waals surface area contributed by atoms with Crippen LogP contribution >= 0.6 is 11.5 Å². The highest BCUT2D eigenvalue weighted by Gasteiger charge is 2.30. The van der Waals surface area contributed by atoms with Gasteiger partial charge in [-0.15, -0.1) is 0 Å². The SMILES string of the molecule is COc1ccc(-c2ccc(N)cc2)c2c(=O)c3c(=O)[nH]sc3n(C3CC3)c12. The van der Waals surface area contributed by atoms with Gasteiger partial charge in [0.25, 0.3) is 5.56 Å². The van der Waals surface area contributed by atoms with Crippen LogP contribution in [-0.4, -0.2) is 16.1 Å². The van der Waals surface area contributed by atoms with Crippen molar-refractivity contribution in [3.8, 4) is 16.9 Å². The third-order valence-corrected chi connectivity index (χ3v) is 5.97. The molecule has 0 bridgehead atoms. The number of aromatic nitrogens is 2. The smallest absolute Gasteiger partial charge is 0.271 e. The van der Waals surface area contributed by atoms with Crippen molar-refractivity contribution in [1.82, 2.24) is 8.94 Å². The summed E-state index contributed by atoms with van der Waals surface area (Å²) in [7, 11) is 1.60. The van der Waals surface area contributed by atoms with Crippen molar-refractivity contribution in [2.75, 3.05) is 12.8 Å². The Morgan fingerprint density at radius 1 is 1.11 bits per heavy atom. The molecule has 1 aliphatic rings. The molecule has 0 saturated heterocycles. The topological polar surface area (TPSA) is 90.1 Å². The van der Waals surface area contributed by atoms with Crippen molar-refractivity contribution in [3.63, 3.8) is 0 Å². The number of H-pyrrole nitrogens is 1. The number of nitrogens with one attached hydrogen (secondary N) is 1. The van der Waals surface area contributed by atoms with E-state index in [1.807, 2.05) is 24.3 Å². The normalized spacial score (nSPS) is 14.1. The van der Waals surface area contributed by atoms with Gasteiger partial charge in [-0.2, -0.15) is 0 Å². The molecule has 0 aliphatic heterocycles. The van der Waals surface area contributed by atoms with Crippen molar-refractivity contribution in [1.29, 1.82) is 0 Å². The van der Waals surface area contributed by atoms with Gasteiger partial charge in [-0.3, -0.25) is 14.0 Å². The van der Waals surface area contributed by atoms with Crippen LogP contribution in [0.25, 0.3) is 32.2 Å². The second kappa shape index (κ2) is 5.72. The Labute approximate surface area is 158 Å². The van der Waals surface area contributed by atoms with Crippen LogP contribution in [0.5, 0.6) is 5.75 Å². The fourth-order valence-corrected chi connectivity index (χ4v) is 4.60. The van der Waals surface area contributed by atoms with Crippen molar-refractivity contribution in [2.45, 2.75) is 18.9 Å². The van der Waals surface area contributed by atoms with E-state index in [-0.39, 0.29) is 22.4 Å². The number of benzene rings is 2. The minimum Gasteiger partial charge on any atom is -0.495 e. The Balaban J connectivity index is 2.02. The third kappa shape index (κ3) is 2.31. The lowest BCUT2D eigenvalue weighted by molar-refractivity contribution is 0.417. The number of hydrogen-bond acceptors (Lipinski definition) is 5. The Morgan fingerprint density at radius 3 is 2.52 bits per heavy atom. The van der Waals surface area contributed by atoms with E-state index in [1.54, 1.807) is 19.2 Å². The molecule has 1 saturated carbocycles. The second-order valence-electron chi connectivity index (χ2n) is 6.80. The quantitative estimate of drug-likeness (QED) is 0.533. The first-order valence-electron chi connectivity index (χ1n) is 8.72. The summed E-state index contributed by atoms with van der Waals surface area (Å²) in [6, 6.07) is 11.4. The molecule has 0 unspecified atom stereocenters. The lowest BCUT2D eigenvalue weighted by atomic mass is 9.98. The van der Waals surface area contributed by atoms with Crippen LogP contribution in [0.4, 0.5) is 5.69 Å². The van der Waals surface area contributed by atoms with Gasteiger partial charge in [-0.05, 0) is 59.8 Å². The molecule has 2 heterocycles. The summed E-state index contributed by atoms with van der Waals surface area (Å²) in [5.74, 6) is 0.635. The maximum atomic E-state index is 13.4. The average Bonchev–Trinajstić information content (AvgIpc) is 3.44. The number of ether oxygens (including phenoxy) is 1. The molecule has 1 fully saturated rings. The Morgan fingerprint density at radius 2 is 1.85 bits per heavy atom. The number of anilines is 1. The first-order chi connectivity index (χ1) is 13.1. The second-order valence-corrected chi connectivity index (χ2v) is 7.60. The Bertz CT molecular complexity index is 1310. The summed E-state index contributed by atoms with van der Waals surface area (Å²) in [4.78, 5) is 26.5. The van der Waals surface area contributed by atoms with Gasteiger partial charge in [0.15, 0.2) is 0 Å². The molecule has 0 radical (unpaired) electrons. The number of hydrogen-bond donors (Lipinski definition) is 2. The standard InChI is InChI=1S/C20H17N3O3S/c1-26-14-9-8-13(10-2-4-11(21)5-3-10)15-17(14)23(12-6-7-12)20-16(18(15)24)19(25)22-27-20/h2-5,8-9,12H,6-7,21H2,1H3,(H,22,25). The molecule has 2 aromatic carbocycles. The molecule has 0 amide bonds. The molecule has 4 aromatic rings. The van der Waals surface area contributed by atoms with E-state index in [0.717, 1.165) is 29.5 Å². The van der Waals surface area contributed by atoms with E-state index in [4.69, 9.17) is 10.5 Å². The van der Waals surface area contributed by atoms with Gasteiger partial charge in [0.2, 0.25) is 5.43 Å². The molecule has 0 atom stereocenters. The lowest BCUT2D eigenvalue weighted by Crippen LogP contribution is -2.16. The van der Waals surface area contributed by atoms with E-state index < -0.39 is 0 Å². The van der Waals surface area contributed by atoms with Gasteiger partial charge in [-0.25, -0.2) is 0 Å². The number of fused-ring (bicyclic) bond motifs is 2. The van der Waals surface area contributed by atoms with Crippen LogP contribution in [-0.2, 0) is 0 Å². The van der Waals surface area contributed by atoms with Gasteiger partial charge in [0, 0.05) is 11.7 Å². The zero-order valence-corrected chi connectivity index (χ0v) is 15.4. The summed E-state index contributed by atoms with van der Waals surface area (Å²) >= 11 is 1.21. The summed E-state index contributed by atoms with van der Waals surface area (Å²) < 4.78 is 10.4. The largest absolute Gasteiger partial charge is 0.495 e. The zero-order chi connectivity index (χ0) is 18.7. The van der Waals surface area contributed by atoms with E-state index >= 15 is 0 Å². The lowest BCUT2D eigenvalue weighted by Gasteiger charge is -2.17. The number of nitrogens with zero attached hydrogens (tertiary/aromatic N) is 1. The van der Waals surface area contributed by atoms with Crippen molar-refractivity contribution < 1.29 is 4.74 Å². The van der Waals surface area contributed by atoms with Gasteiger partial charge in [0.05, 0.1) is 18.0 Å². The van der Waals surface area contributed by atoms with Crippen LogP contribution in [0.1, 0.15) is 18.9 Å². The number of aromatic amines is 1. The molecular weight excluding hydrogens is 362 g/mol. The molecular formula is C20H17N3O3S. The first-order valence-corrected chi connectivity index (χ1v) is 9.54. The summed E-state index contributed by atoms with van der Waals surface area (Å²) in [5, 5.41) is 0.742. The third-order valence-electron chi connectivity index (χ3n) is 5.09. The van der Waals surface area contributed by atoms with Gasteiger partial charge >= 0.3 is 0 Å². The summed E-state index contributed by atoms with van der Waals surface area (Å²) in [6.45, 7) is 0. The molecule has 0 spiro atoms. The Hall–Kier alpha value is -3.06. The molecule has 7 heteroatoms. The molecule has 5 rings (SSSR count). The van der Waals surface area contributed by atoms with Crippen molar-refractivity contribution >= 4 is 38.3 Å². The van der Waals surface area contributed by atoms with Crippen LogP contribution in [0.15, 0.2) is 46.0 Å². The number of rotatable bonds is 3. The monoisotopic (exact) mass is 379 g/mol. The Kier molecular flexibility index (Phi) is 3.42. The maximum absolute atomic E-state index is 13.4. The van der Waals surface area contributed by atoms with Crippen LogP contribution in [0, 0.1) is 0 Å². The van der Waals surface area contributed by atoms with Gasteiger partial charge < -0.3 is 15.0 Å². The first kappa shape index (κ1) is 16.1. The molecule has 136 valence electrons. The highest BCUT2D eigenvalue weighted by Crippen LogP contribution is 2.43. The predicted molar refractivity (Wildman–Crippen MR) is 109 cm³/mol. The highest BCUT2D eigenvalue weighted by molar-refractivity contribution is 7.12. The molecule has 1 aliphatic carbocycles. The fraction of sp³-hybridized carbons (Fsp3) is 0.200. The number of nitrogen functional groups attached to an aromatic ring is 1. The van der Waals surface area contributed by atoms with E-state index in [9.17, 15) is 9.59 Å². The van der Waals surface area contributed by atoms with E-state index in [0.29, 0.717) is 21.7 Å². The van der Waals surface area contributed by atoms with Crippen LogP contribution in [0.3, 0.4) is 0 Å². The number of methoxy groups -OCH3 is 1. The predicted octanol–water partition coefficient (Wildman–Crippen LogP) is 3.50. The summed E-state index contributed by atoms with van der Waals surface area (Å²) in [6.07, 6.45) is 2.04. The van der Waals surface area contributed by atoms with Crippen LogP contribution in [0.2, 0.25) is 0 Å².